The van der Waals surface area contributed by atoms with Gasteiger partial charge in [0, 0.05) is 11.6 Å². The van der Waals surface area contributed by atoms with Gasteiger partial charge < -0.3 is 10.1 Å². The van der Waals surface area contributed by atoms with Crippen molar-refractivity contribution in [3.05, 3.63) is 64.2 Å². The zero-order valence-corrected chi connectivity index (χ0v) is 18.2. The maximum absolute atomic E-state index is 12.4. The minimum Gasteiger partial charge on any atom is -0.484 e. The van der Waals surface area contributed by atoms with E-state index >= 15 is 0 Å². The van der Waals surface area contributed by atoms with Crippen molar-refractivity contribution in [2.75, 3.05) is 26.2 Å². The van der Waals surface area contributed by atoms with Crippen molar-refractivity contribution in [2.24, 2.45) is 0 Å². The molecule has 1 N–H and O–H groups in total. The van der Waals surface area contributed by atoms with Crippen LogP contribution in [-0.4, -0.2) is 37.0 Å². The van der Waals surface area contributed by atoms with Gasteiger partial charge in [-0.15, -0.1) is 0 Å². The summed E-state index contributed by atoms with van der Waals surface area (Å²) >= 11 is 6.04. The van der Waals surface area contributed by atoms with E-state index in [1.165, 1.54) is 36.8 Å². The molecule has 3 rings (SSSR count). The van der Waals surface area contributed by atoms with E-state index in [2.05, 4.69) is 41.4 Å². The number of aryl methyl sites for hydroxylation is 2. The number of hydrogen-bond donors (Lipinski definition) is 1. The Bertz CT molecular complexity index is 799. The molecule has 1 aliphatic heterocycles. The molecule has 1 atom stereocenters. The van der Waals surface area contributed by atoms with Crippen molar-refractivity contribution in [3.8, 4) is 5.75 Å². The maximum Gasteiger partial charge on any atom is 0.258 e. The molecule has 5 heteroatoms. The van der Waals surface area contributed by atoms with Gasteiger partial charge in [0.2, 0.25) is 0 Å². The average molecular weight is 415 g/mol. The summed E-state index contributed by atoms with van der Waals surface area (Å²) in [5, 5.41) is 3.77. The largest absolute Gasteiger partial charge is 0.484 e. The van der Waals surface area contributed by atoms with Crippen molar-refractivity contribution in [1.29, 1.82) is 0 Å². The van der Waals surface area contributed by atoms with Gasteiger partial charge in [0.25, 0.3) is 5.91 Å². The Morgan fingerprint density at radius 1 is 1.07 bits per heavy atom. The van der Waals surface area contributed by atoms with Crippen LogP contribution in [0.4, 0.5) is 0 Å². The van der Waals surface area contributed by atoms with Crippen molar-refractivity contribution >= 4 is 17.5 Å². The topological polar surface area (TPSA) is 41.6 Å². The number of hydrogen-bond acceptors (Lipinski definition) is 3. The first-order valence-electron chi connectivity index (χ1n) is 10.5. The van der Waals surface area contributed by atoms with Gasteiger partial charge in [0.15, 0.2) is 6.61 Å². The zero-order valence-electron chi connectivity index (χ0n) is 17.4. The molecule has 1 saturated heterocycles. The molecular formula is C24H31ClN2O2. The molecule has 2 aromatic rings. The number of benzene rings is 2. The van der Waals surface area contributed by atoms with Crippen LogP contribution >= 0.6 is 11.6 Å². The average Bonchev–Trinajstić information content (AvgIpc) is 3.00. The minimum atomic E-state index is -0.107. The highest BCUT2D eigenvalue weighted by Crippen LogP contribution is 2.24. The number of carbonyl (C=O) groups excluding carboxylic acids is 1. The fourth-order valence-electron chi connectivity index (χ4n) is 3.77. The van der Waals surface area contributed by atoms with Gasteiger partial charge in [-0.2, -0.15) is 0 Å². The van der Waals surface area contributed by atoms with Gasteiger partial charge in [-0.25, -0.2) is 0 Å². The van der Waals surface area contributed by atoms with Gasteiger partial charge in [-0.1, -0.05) is 54.3 Å². The minimum absolute atomic E-state index is 0.00168. The summed E-state index contributed by atoms with van der Waals surface area (Å²) in [6.07, 6.45) is 5.01. The molecule has 0 radical (unpaired) electrons. The molecule has 4 nitrogen and oxygen atoms in total. The maximum atomic E-state index is 12.4. The highest BCUT2D eigenvalue weighted by molar-refractivity contribution is 6.31. The molecule has 0 aromatic heterocycles. The van der Waals surface area contributed by atoms with E-state index in [-0.39, 0.29) is 18.6 Å². The van der Waals surface area contributed by atoms with Gasteiger partial charge in [0.05, 0.1) is 6.04 Å². The summed E-state index contributed by atoms with van der Waals surface area (Å²) in [6.45, 7) is 6.77. The molecule has 0 unspecified atom stereocenters. The van der Waals surface area contributed by atoms with Crippen molar-refractivity contribution in [1.82, 2.24) is 10.2 Å². The van der Waals surface area contributed by atoms with Crippen molar-refractivity contribution < 1.29 is 9.53 Å². The van der Waals surface area contributed by atoms with Crippen LogP contribution in [0.1, 0.15) is 48.4 Å². The van der Waals surface area contributed by atoms with Crippen LogP contribution in [0.5, 0.6) is 5.75 Å². The van der Waals surface area contributed by atoms with Gasteiger partial charge in [0.1, 0.15) is 5.75 Å². The number of nitrogens with zero attached hydrogens (tertiary/aromatic N) is 1. The first-order valence-corrected chi connectivity index (χ1v) is 10.9. The third kappa shape index (κ3) is 6.48. The Labute approximate surface area is 179 Å². The Kier molecular flexibility index (Phi) is 7.96. The fourth-order valence-corrected chi connectivity index (χ4v) is 3.89. The lowest BCUT2D eigenvalue weighted by molar-refractivity contribution is -0.123. The van der Waals surface area contributed by atoms with Gasteiger partial charge in [-0.05, 0) is 69.1 Å². The monoisotopic (exact) mass is 414 g/mol. The molecule has 0 aliphatic carbocycles. The first-order chi connectivity index (χ1) is 14.0. The molecule has 0 spiro atoms. The lowest BCUT2D eigenvalue weighted by atomic mass is 10.0. The van der Waals surface area contributed by atoms with Gasteiger partial charge >= 0.3 is 0 Å². The second kappa shape index (κ2) is 10.7. The Morgan fingerprint density at radius 2 is 1.76 bits per heavy atom. The predicted molar refractivity (Wildman–Crippen MR) is 119 cm³/mol. The zero-order chi connectivity index (χ0) is 20.6. The van der Waals surface area contributed by atoms with E-state index in [0.717, 1.165) is 18.7 Å². The molecule has 2 aromatic carbocycles. The molecule has 1 heterocycles. The lowest BCUT2D eigenvalue weighted by Gasteiger charge is -2.31. The van der Waals surface area contributed by atoms with Crippen LogP contribution in [0.25, 0.3) is 0 Å². The highest BCUT2D eigenvalue weighted by Gasteiger charge is 2.22. The number of amides is 1. The van der Waals surface area contributed by atoms with E-state index in [9.17, 15) is 4.79 Å². The van der Waals surface area contributed by atoms with Crippen LogP contribution in [0, 0.1) is 13.8 Å². The van der Waals surface area contributed by atoms with E-state index < -0.39 is 0 Å². The number of nitrogens with one attached hydrogen (secondary N) is 1. The molecule has 156 valence electrons. The first kappa shape index (κ1) is 21.7. The SMILES string of the molecule is Cc1ccc([C@@H](CNC(=O)COc2ccc(Cl)c(C)c2)N2CCCCCC2)cc1. The summed E-state index contributed by atoms with van der Waals surface area (Å²) in [5.41, 5.74) is 3.44. The van der Waals surface area contributed by atoms with Crippen LogP contribution in [0.2, 0.25) is 5.02 Å². The van der Waals surface area contributed by atoms with Gasteiger partial charge in [-0.3, -0.25) is 9.69 Å². The van der Waals surface area contributed by atoms with Crippen LogP contribution in [-0.2, 0) is 4.79 Å². The second-order valence-corrected chi connectivity index (χ2v) is 8.29. The fraction of sp³-hybridized carbons (Fsp3) is 0.458. The molecule has 0 saturated carbocycles. The molecule has 0 bridgehead atoms. The van der Waals surface area contributed by atoms with Crippen LogP contribution < -0.4 is 10.1 Å². The van der Waals surface area contributed by atoms with E-state index in [0.29, 0.717) is 17.3 Å². The number of rotatable bonds is 7. The van der Waals surface area contributed by atoms with Crippen molar-refractivity contribution in [2.45, 2.75) is 45.6 Å². The summed E-state index contributed by atoms with van der Waals surface area (Å²) in [4.78, 5) is 14.9. The summed E-state index contributed by atoms with van der Waals surface area (Å²) in [7, 11) is 0. The van der Waals surface area contributed by atoms with Crippen LogP contribution in [0.15, 0.2) is 42.5 Å². The molecular weight excluding hydrogens is 384 g/mol. The third-order valence-electron chi connectivity index (χ3n) is 5.54. The number of ether oxygens (including phenoxy) is 1. The summed E-state index contributed by atoms with van der Waals surface area (Å²) in [6, 6.07) is 14.3. The molecule has 1 aliphatic rings. The Morgan fingerprint density at radius 3 is 2.41 bits per heavy atom. The second-order valence-electron chi connectivity index (χ2n) is 7.88. The van der Waals surface area contributed by atoms with Crippen LogP contribution in [0.3, 0.4) is 0 Å². The molecule has 1 fully saturated rings. The molecule has 1 amide bonds. The highest BCUT2D eigenvalue weighted by atomic mass is 35.5. The van der Waals surface area contributed by atoms with Crippen molar-refractivity contribution in [3.63, 3.8) is 0 Å². The van der Waals surface area contributed by atoms with E-state index in [4.69, 9.17) is 16.3 Å². The Balaban J connectivity index is 1.60. The third-order valence-corrected chi connectivity index (χ3v) is 5.96. The Hall–Kier alpha value is -2.04. The normalized spacial score (nSPS) is 16.1. The molecule has 29 heavy (non-hydrogen) atoms. The number of carbonyl (C=O) groups is 1. The summed E-state index contributed by atoms with van der Waals surface area (Å²) in [5.74, 6) is 0.550. The predicted octanol–water partition coefficient (Wildman–Crippen LogP) is 5.07. The number of likely N-dealkylation sites (tertiary alicyclic amines) is 1. The summed E-state index contributed by atoms with van der Waals surface area (Å²) < 4.78 is 5.64. The van der Waals surface area contributed by atoms with E-state index in [1.54, 1.807) is 12.1 Å². The smallest absolute Gasteiger partial charge is 0.258 e. The van der Waals surface area contributed by atoms with E-state index in [1.807, 2.05) is 13.0 Å². The quantitative estimate of drug-likeness (QED) is 0.687. The standard InChI is InChI=1S/C24H31ClN2O2/c1-18-7-9-20(10-8-18)23(27-13-5-3-4-6-14-27)16-26-24(28)17-29-21-11-12-22(25)19(2)15-21/h7-12,15,23H,3-6,13-14,16-17H2,1-2H3,(H,26,28)/t23-/m1/s1. The number of halogens is 1. The lowest BCUT2D eigenvalue weighted by Crippen LogP contribution is -2.40.